The van der Waals surface area contributed by atoms with Crippen LogP contribution in [0.2, 0.25) is 0 Å². The number of rotatable bonds is 8. The highest BCUT2D eigenvalue weighted by Gasteiger charge is 2.28. The van der Waals surface area contributed by atoms with Crippen molar-refractivity contribution in [3.8, 4) is 11.6 Å². The predicted molar refractivity (Wildman–Crippen MR) is 116 cm³/mol. The first-order valence-corrected chi connectivity index (χ1v) is 9.85. The van der Waals surface area contributed by atoms with Crippen LogP contribution in [0.25, 0.3) is 0 Å². The van der Waals surface area contributed by atoms with Crippen molar-refractivity contribution >= 4 is 23.2 Å². The Morgan fingerprint density at radius 2 is 1.36 bits per heavy atom. The molecule has 2 aromatic carbocycles. The number of halogens is 3. The summed E-state index contributed by atoms with van der Waals surface area (Å²) in [5.41, 5.74) is 1.55. The maximum atomic E-state index is 12.4. The number of hydrogen-bond acceptors (Lipinski definition) is 5. The van der Waals surface area contributed by atoms with Crippen LogP contribution in [0.4, 0.5) is 24.5 Å². The molecule has 0 bridgehead atoms. The van der Waals surface area contributed by atoms with Crippen LogP contribution < -0.4 is 20.1 Å². The van der Waals surface area contributed by atoms with Gasteiger partial charge in [-0.1, -0.05) is 0 Å². The monoisotopic (exact) mass is 459 g/mol. The molecule has 0 saturated carbocycles. The number of carbonyl (C=O) groups excluding carboxylic acids is 2. The Kier molecular flexibility index (Phi) is 7.50. The molecule has 0 aliphatic heterocycles. The number of pyridine rings is 1. The average molecular weight is 459 g/mol. The molecule has 0 atom stereocenters. The Morgan fingerprint density at radius 1 is 0.818 bits per heavy atom. The number of hydrogen-bond donors (Lipinski definition) is 2. The summed E-state index contributed by atoms with van der Waals surface area (Å²) < 4.78 is 46.4. The summed E-state index contributed by atoms with van der Waals surface area (Å²) >= 11 is 0. The number of nitrogens with zero attached hydrogens (tertiary/aromatic N) is 1. The number of nitrogens with one attached hydrogen (secondary N) is 2. The van der Waals surface area contributed by atoms with Crippen LogP contribution in [0.5, 0.6) is 11.6 Å². The fraction of sp³-hybridized carbons (Fsp3) is 0.174. The molecule has 0 saturated heterocycles. The van der Waals surface area contributed by atoms with Gasteiger partial charge in [-0.3, -0.25) is 9.59 Å². The molecule has 1 heterocycles. The van der Waals surface area contributed by atoms with Gasteiger partial charge in [0, 0.05) is 29.2 Å². The summed E-state index contributed by atoms with van der Waals surface area (Å²) in [6, 6.07) is 15.6. The molecule has 2 N–H and O–H groups in total. The summed E-state index contributed by atoms with van der Waals surface area (Å²) in [4.78, 5) is 28.4. The van der Waals surface area contributed by atoms with Crippen LogP contribution in [-0.2, 0) is 0 Å². The minimum atomic E-state index is -4.48. The van der Waals surface area contributed by atoms with E-state index in [2.05, 4.69) is 20.4 Å². The molecule has 3 aromatic rings. The lowest BCUT2D eigenvalue weighted by atomic mass is 10.1. The second-order valence-electron chi connectivity index (χ2n) is 6.73. The number of ether oxygens (including phenoxy) is 2. The van der Waals surface area contributed by atoms with E-state index < -0.39 is 18.7 Å². The van der Waals surface area contributed by atoms with Gasteiger partial charge in [0.2, 0.25) is 5.88 Å². The summed E-state index contributed by atoms with van der Waals surface area (Å²) in [6.07, 6.45) is -3.37. The van der Waals surface area contributed by atoms with E-state index in [4.69, 9.17) is 4.74 Å². The van der Waals surface area contributed by atoms with Crippen LogP contribution in [0.3, 0.4) is 0 Å². The smallest absolute Gasteiger partial charge is 0.422 e. The number of alkyl halides is 3. The van der Waals surface area contributed by atoms with Gasteiger partial charge in [-0.15, -0.1) is 0 Å². The van der Waals surface area contributed by atoms with Crippen LogP contribution >= 0.6 is 0 Å². The normalized spacial score (nSPS) is 10.9. The summed E-state index contributed by atoms with van der Waals surface area (Å²) in [5.74, 6) is -0.381. The molecule has 172 valence electrons. The zero-order valence-corrected chi connectivity index (χ0v) is 17.5. The Hall–Kier alpha value is -4.08. The average Bonchev–Trinajstić information content (AvgIpc) is 2.79. The fourth-order valence-corrected chi connectivity index (χ4v) is 2.67. The van der Waals surface area contributed by atoms with E-state index in [0.29, 0.717) is 29.3 Å². The molecule has 1 aromatic heterocycles. The lowest BCUT2D eigenvalue weighted by Crippen LogP contribution is -2.19. The maximum Gasteiger partial charge on any atom is 0.422 e. The molecule has 2 amide bonds. The maximum absolute atomic E-state index is 12.4. The van der Waals surface area contributed by atoms with Crippen LogP contribution in [0.15, 0.2) is 66.9 Å². The van der Waals surface area contributed by atoms with Crippen molar-refractivity contribution in [3.05, 3.63) is 78.0 Å². The highest BCUT2D eigenvalue weighted by Crippen LogP contribution is 2.19. The largest absolute Gasteiger partial charge is 0.494 e. The van der Waals surface area contributed by atoms with Gasteiger partial charge in [0.25, 0.3) is 11.8 Å². The van der Waals surface area contributed by atoms with Crippen molar-refractivity contribution in [3.63, 3.8) is 0 Å². The number of anilines is 2. The van der Waals surface area contributed by atoms with E-state index in [1.54, 1.807) is 48.5 Å². The zero-order valence-electron chi connectivity index (χ0n) is 17.5. The quantitative estimate of drug-likeness (QED) is 0.499. The Balaban J connectivity index is 1.55. The molecular weight excluding hydrogens is 439 g/mol. The van der Waals surface area contributed by atoms with Crippen LogP contribution in [0, 0.1) is 0 Å². The first-order chi connectivity index (χ1) is 15.7. The molecule has 7 nitrogen and oxygen atoms in total. The van der Waals surface area contributed by atoms with Crippen molar-refractivity contribution in [1.82, 2.24) is 4.98 Å². The van der Waals surface area contributed by atoms with Gasteiger partial charge in [0.05, 0.1) is 12.2 Å². The zero-order chi connectivity index (χ0) is 23.8. The minimum absolute atomic E-state index is 0.131. The molecule has 0 fully saturated rings. The summed E-state index contributed by atoms with van der Waals surface area (Å²) in [6.45, 7) is 0.961. The number of amides is 2. The van der Waals surface area contributed by atoms with Gasteiger partial charge in [-0.05, 0) is 61.5 Å². The lowest BCUT2D eigenvalue weighted by Gasteiger charge is -2.10. The van der Waals surface area contributed by atoms with E-state index >= 15 is 0 Å². The topological polar surface area (TPSA) is 89.6 Å². The number of aromatic nitrogens is 1. The lowest BCUT2D eigenvalue weighted by molar-refractivity contribution is -0.154. The van der Waals surface area contributed by atoms with Crippen LogP contribution in [0.1, 0.15) is 27.6 Å². The molecular formula is C23H20F3N3O4. The van der Waals surface area contributed by atoms with Crippen LogP contribution in [-0.4, -0.2) is 36.2 Å². The van der Waals surface area contributed by atoms with E-state index in [-0.39, 0.29) is 17.4 Å². The van der Waals surface area contributed by atoms with Gasteiger partial charge in [0.15, 0.2) is 6.61 Å². The number of carbonyl (C=O) groups is 2. The molecule has 33 heavy (non-hydrogen) atoms. The second-order valence-corrected chi connectivity index (χ2v) is 6.73. The van der Waals surface area contributed by atoms with Crippen molar-refractivity contribution < 1.29 is 32.2 Å². The van der Waals surface area contributed by atoms with Gasteiger partial charge in [-0.25, -0.2) is 4.98 Å². The number of benzene rings is 2. The van der Waals surface area contributed by atoms with Crippen molar-refractivity contribution in [2.45, 2.75) is 13.1 Å². The standard InChI is InChI=1S/C23H20F3N3O4/c1-2-32-19-10-8-18(9-11-19)28-21(30)15-3-6-17(7-4-15)29-22(31)16-5-12-20(27-13-16)33-14-23(24,25)26/h3-13H,2,14H2,1H3,(H,28,30)(H,29,31). The van der Waals surface area contributed by atoms with E-state index in [1.165, 1.54) is 12.1 Å². The SMILES string of the molecule is CCOc1ccc(NC(=O)c2ccc(NC(=O)c3ccc(OCC(F)(F)F)nc3)cc2)cc1. The summed E-state index contributed by atoms with van der Waals surface area (Å²) in [7, 11) is 0. The molecule has 0 aliphatic carbocycles. The van der Waals surface area contributed by atoms with Crippen molar-refractivity contribution in [2.75, 3.05) is 23.8 Å². The predicted octanol–water partition coefficient (Wildman–Crippen LogP) is 4.93. The van der Waals surface area contributed by atoms with E-state index in [0.717, 1.165) is 6.20 Å². The first kappa shape index (κ1) is 23.6. The highest BCUT2D eigenvalue weighted by molar-refractivity contribution is 6.06. The minimum Gasteiger partial charge on any atom is -0.494 e. The second kappa shape index (κ2) is 10.5. The third kappa shape index (κ3) is 7.23. The van der Waals surface area contributed by atoms with Crippen molar-refractivity contribution in [2.24, 2.45) is 0 Å². The third-order valence-corrected chi connectivity index (χ3v) is 4.21. The Morgan fingerprint density at radius 3 is 1.88 bits per heavy atom. The molecule has 0 spiro atoms. The molecule has 0 aliphatic rings. The van der Waals surface area contributed by atoms with Gasteiger partial charge < -0.3 is 20.1 Å². The van der Waals surface area contributed by atoms with Crippen molar-refractivity contribution in [1.29, 1.82) is 0 Å². The van der Waals surface area contributed by atoms with Gasteiger partial charge in [-0.2, -0.15) is 13.2 Å². The molecule has 0 radical (unpaired) electrons. The Labute approximate surface area is 187 Å². The molecule has 10 heteroatoms. The van der Waals surface area contributed by atoms with Gasteiger partial charge >= 0.3 is 6.18 Å². The Bertz CT molecular complexity index is 1080. The first-order valence-electron chi connectivity index (χ1n) is 9.85. The van der Waals surface area contributed by atoms with E-state index in [9.17, 15) is 22.8 Å². The van der Waals surface area contributed by atoms with Gasteiger partial charge in [0.1, 0.15) is 5.75 Å². The highest BCUT2D eigenvalue weighted by atomic mass is 19.4. The molecule has 3 rings (SSSR count). The molecule has 0 unspecified atom stereocenters. The summed E-state index contributed by atoms with van der Waals surface area (Å²) in [5, 5.41) is 5.39. The fourth-order valence-electron chi connectivity index (χ4n) is 2.67. The van der Waals surface area contributed by atoms with E-state index in [1.807, 2.05) is 6.92 Å². The third-order valence-electron chi connectivity index (χ3n) is 4.21.